The zero-order valence-electron chi connectivity index (χ0n) is 14.2. The Labute approximate surface area is 152 Å². The van der Waals surface area contributed by atoms with Gasteiger partial charge in [-0.05, 0) is 23.3 Å². The summed E-state index contributed by atoms with van der Waals surface area (Å²) in [6.45, 7) is 1.66. The molecule has 3 rings (SSSR count). The Morgan fingerprint density at radius 1 is 1.15 bits per heavy atom. The molecule has 0 aliphatic rings. The molecule has 1 amide bonds. The Balaban J connectivity index is 1.52. The molecular weight excluding hydrogens is 326 g/mol. The van der Waals surface area contributed by atoms with E-state index in [1.807, 2.05) is 10.8 Å². The predicted octanol–water partition coefficient (Wildman–Crippen LogP) is 2.30. The van der Waals surface area contributed by atoms with Gasteiger partial charge in [0.15, 0.2) is 0 Å². The molecule has 130 valence electrons. The number of hydrogen-bond acceptors (Lipinski definition) is 4. The number of hydrogen-bond donors (Lipinski definition) is 2. The summed E-state index contributed by atoms with van der Waals surface area (Å²) in [7, 11) is 0. The predicted molar refractivity (Wildman–Crippen MR) is 101 cm³/mol. The molecular formula is C20H19N5O. The average molecular weight is 345 g/mol. The minimum atomic E-state index is -0.226. The van der Waals surface area contributed by atoms with Crippen molar-refractivity contribution in [3.8, 4) is 12.3 Å². The van der Waals surface area contributed by atoms with Crippen LogP contribution in [-0.2, 0) is 13.1 Å². The summed E-state index contributed by atoms with van der Waals surface area (Å²) in [5.41, 5.74) is 2.85. The topological polar surface area (TPSA) is 71.8 Å². The van der Waals surface area contributed by atoms with Crippen LogP contribution < -0.4 is 10.6 Å². The van der Waals surface area contributed by atoms with E-state index < -0.39 is 0 Å². The number of imidazole rings is 1. The fourth-order valence-corrected chi connectivity index (χ4v) is 2.41. The highest BCUT2D eigenvalue weighted by Crippen LogP contribution is 2.10. The van der Waals surface area contributed by atoms with Crippen LogP contribution in [-0.4, -0.2) is 27.0 Å². The molecule has 2 aromatic heterocycles. The Hall–Kier alpha value is -3.59. The Morgan fingerprint density at radius 2 is 1.96 bits per heavy atom. The number of pyridine rings is 1. The molecule has 0 radical (unpaired) electrons. The maximum atomic E-state index is 11.8. The van der Waals surface area contributed by atoms with Crippen LogP contribution in [0.15, 0.2) is 61.3 Å². The molecule has 6 nitrogen and oxygen atoms in total. The van der Waals surface area contributed by atoms with Crippen LogP contribution in [0.2, 0.25) is 0 Å². The number of amides is 1. The summed E-state index contributed by atoms with van der Waals surface area (Å²) < 4.78 is 2.03. The van der Waals surface area contributed by atoms with Crippen molar-refractivity contribution < 1.29 is 4.79 Å². The van der Waals surface area contributed by atoms with E-state index in [1.54, 1.807) is 24.7 Å². The average Bonchev–Trinajstić information content (AvgIpc) is 3.19. The highest BCUT2D eigenvalue weighted by molar-refractivity contribution is 5.94. The number of nitrogens with one attached hydrogen (secondary N) is 2. The number of aromatic nitrogens is 3. The van der Waals surface area contributed by atoms with Gasteiger partial charge in [0.05, 0.1) is 18.4 Å². The Morgan fingerprint density at radius 3 is 2.62 bits per heavy atom. The number of benzene rings is 1. The molecule has 2 heterocycles. The second-order valence-electron chi connectivity index (χ2n) is 5.72. The molecule has 2 N–H and O–H groups in total. The summed E-state index contributed by atoms with van der Waals surface area (Å²) in [6.07, 6.45) is 12.2. The lowest BCUT2D eigenvalue weighted by Gasteiger charge is -2.08. The number of carbonyl (C=O) groups excluding carboxylic acids is 1. The van der Waals surface area contributed by atoms with Crippen molar-refractivity contribution in [2.24, 2.45) is 0 Å². The van der Waals surface area contributed by atoms with Crippen molar-refractivity contribution >= 4 is 11.7 Å². The van der Waals surface area contributed by atoms with E-state index in [0.717, 1.165) is 12.1 Å². The zero-order chi connectivity index (χ0) is 18.2. The zero-order valence-corrected chi connectivity index (χ0v) is 14.2. The molecule has 0 unspecified atom stereocenters. The van der Waals surface area contributed by atoms with Gasteiger partial charge in [-0.1, -0.05) is 30.2 Å². The highest BCUT2D eigenvalue weighted by Gasteiger charge is 2.05. The largest absolute Gasteiger partial charge is 0.366 e. The van der Waals surface area contributed by atoms with E-state index in [9.17, 15) is 4.79 Å². The molecule has 6 heteroatoms. The molecule has 0 aliphatic heterocycles. The van der Waals surface area contributed by atoms with Gasteiger partial charge in [-0.25, -0.2) is 9.97 Å². The van der Waals surface area contributed by atoms with Crippen molar-refractivity contribution in [3.05, 3.63) is 78.0 Å². The summed E-state index contributed by atoms with van der Waals surface area (Å²) in [5.74, 6) is 2.85. The lowest BCUT2D eigenvalue weighted by Crippen LogP contribution is -2.23. The maximum Gasteiger partial charge on any atom is 0.253 e. The van der Waals surface area contributed by atoms with Gasteiger partial charge in [0.1, 0.15) is 5.82 Å². The Kier molecular flexibility index (Phi) is 5.63. The normalized spacial score (nSPS) is 10.1. The fourth-order valence-electron chi connectivity index (χ4n) is 2.41. The van der Waals surface area contributed by atoms with Gasteiger partial charge in [-0.15, -0.1) is 6.42 Å². The number of anilines is 1. The van der Waals surface area contributed by atoms with Crippen LogP contribution in [0.25, 0.3) is 0 Å². The monoisotopic (exact) mass is 345 g/mol. The van der Waals surface area contributed by atoms with E-state index in [2.05, 4.69) is 50.8 Å². The first-order valence-corrected chi connectivity index (χ1v) is 8.20. The summed E-state index contributed by atoms with van der Waals surface area (Å²) in [4.78, 5) is 20.1. The van der Waals surface area contributed by atoms with Crippen LogP contribution in [0.1, 0.15) is 21.5 Å². The van der Waals surface area contributed by atoms with Crippen LogP contribution in [0.5, 0.6) is 0 Å². The standard InChI is InChI=1S/C20H19N5O/c1-2-9-22-20(26)18-7-8-19(24-13-18)23-12-16-3-5-17(6-4-16)14-25-11-10-21-15-25/h1,3-8,10-11,13,15H,9,12,14H2,(H,22,26)(H,23,24). The molecule has 0 fully saturated rings. The molecule has 0 bridgehead atoms. The van der Waals surface area contributed by atoms with Crippen molar-refractivity contribution in [2.75, 3.05) is 11.9 Å². The third-order valence-electron chi connectivity index (χ3n) is 3.80. The molecule has 1 aromatic carbocycles. The first kappa shape index (κ1) is 17.2. The highest BCUT2D eigenvalue weighted by atomic mass is 16.1. The van der Waals surface area contributed by atoms with Gasteiger partial charge in [0.2, 0.25) is 0 Å². The summed E-state index contributed by atoms with van der Waals surface area (Å²) in [5, 5.41) is 5.85. The SMILES string of the molecule is C#CCNC(=O)c1ccc(NCc2ccc(Cn3ccnc3)cc2)nc1. The van der Waals surface area contributed by atoms with E-state index in [-0.39, 0.29) is 12.5 Å². The van der Waals surface area contributed by atoms with Crippen molar-refractivity contribution in [2.45, 2.75) is 13.1 Å². The first-order valence-electron chi connectivity index (χ1n) is 8.20. The van der Waals surface area contributed by atoms with E-state index >= 15 is 0 Å². The van der Waals surface area contributed by atoms with E-state index in [0.29, 0.717) is 17.9 Å². The molecule has 0 saturated carbocycles. The first-order chi connectivity index (χ1) is 12.7. The van der Waals surface area contributed by atoms with Gasteiger partial charge < -0.3 is 15.2 Å². The second kappa shape index (κ2) is 8.49. The van der Waals surface area contributed by atoms with Crippen molar-refractivity contribution in [1.82, 2.24) is 19.9 Å². The third-order valence-corrected chi connectivity index (χ3v) is 3.80. The molecule has 0 aliphatic carbocycles. The molecule has 0 atom stereocenters. The smallest absolute Gasteiger partial charge is 0.253 e. The number of terminal acetylenes is 1. The lowest BCUT2D eigenvalue weighted by molar-refractivity contribution is 0.0958. The van der Waals surface area contributed by atoms with E-state index in [4.69, 9.17) is 6.42 Å². The maximum absolute atomic E-state index is 11.8. The van der Waals surface area contributed by atoms with E-state index in [1.165, 1.54) is 11.8 Å². The van der Waals surface area contributed by atoms with Gasteiger partial charge in [-0.3, -0.25) is 4.79 Å². The number of carbonyl (C=O) groups is 1. The second-order valence-corrected chi connectivity index (χ2v) is 5.72. The third kappa shape index (κ3) is 4.71. The minimum absolute atomic E-state index is 0.204. The molecule has 3 aromatic rings. The van der Waals surface area contributed by atoms with Crippen LogP contribution in [0.3, 0.4) is 0 Å². The molecule has 26 heavy (non-hydrogen) atoms. The summed E-state index contributed by atoms with van der Waals surface area (Å²) >= 11 is 0. The van der Waals surface area contributed by atoms with Gasteiger partial charge >= 0.3 is 0 Å². The Bertz CT molecular complexity index is 877. The number of nitrogens with zero attached hydrogens (tertiary/aromatic N) is 3. The number of rotatable bonds is 7. The fraction of sp³-hybridized carbons (Fsp3) is 0.150. The quantitative estimate of drug-likeness (QED) is 0.645. The van der Waals surface area contributed by atoms with Gasteiger partial charge in [-0.2, -0.15) is 0 Å². The summed E-state index contributed by atoms with van der Waals surface area (Å²) in [6, 6.07) is 11.9. The van der Waals surface area contributed by atoms with Crippen LogP contribution in [0.4, 0.5) is 5.82 Å². The van der Waals surface area contributed by atoms with Crippen LogP contribution >= 0.6 is 0 Å². The molecule has 0 spiro atoms. The van der Waals surface area contributed by atoms with Gasteiger partial charge in [0.25, 0.3) is 5.91 Å². The molecule has 0 saturated heterocycles. The van der Waals surface area contributed by atoms with Crippen LogP contribution in [0, 0.1) is 12.3 Å². The van der Waals surface area contributed by atoms with Crippen molar-refractivity contribution in [1.29, 1.82) is 0 Å². The minimum Gasteiger partial charge on any atom is -0.366 e. The lowest BCUT2D eigenvalue weighted by atomic mass is 10.1. The van der Waals surface area contributed by atoms with Crippen molar-refractivity contribution in [3.63, 3.8) is 0 Å². The van der Waals surface area contributed by atoms with Gasteiger partial charge in [0, 0.05) is 31.7 Å².